The Morgan fingerprint density at radius 3 is 2.11 bits per heavy atom. The fraction of sp³-hybridized carbons (Fsp3) is 0.407. The van der Waals surface area contributed by atoms with Crippen LogP contribution in [0.25, 0.3) is 0 Å². The lowest BCUT2D eigenvalue weighted by Gasteiger charge is -2.43. The number of ketones is 1. The molecular formula is C27H33N3O4S. The molecule has 0 radical (unpaired) electrons. The maximum Gasteiger partial charge on any atom is 0.238 e. The summed E-state index contributed by atoms with van der Waals surface area (Å²) >= 11 is 0. The Bertz CT molecular complexity index is 1270. The predicted octanol–water partition coefficient (Wildman–Crippen LogP) is 4.34. The maximum atomic E-state index is 13.5. The molecule has 2 aliphatic rings. The number of allylic oxidation sites excluding steroid dienone is 2. The molecule has 0 aromatic heterocycles. The number of carbonyl (C=O) groups is 2. The first-order chi connectivity index (χ1) is 16.4. The molecule has 1 aliphatic heterocycles. The minimum absolute atomic E-state index is 0.0221. The van der Waals surface area contributed by atoms with E-state index < -0.39 is 10.0 Å². The molecule has 4 rings (SSSR count). The second kappa shape index (κ2) is 9.24. The van der Waals surface area contributed by atoms with Gasteiger partial charge in [0.1, 0.15) is 0 Å². The lowest BCUT2D eigenvalue weighted by atomic mass is 9.69. The number of rotatable bonds is 6. The highest BCUT2D eigenvalue weighted by atomic mass is 32.2. The number of benzene rings is 2. The highest BCUT2D eigenvalue weighted by Crippen LogP contribution is 2.48. The average Bonchev–Trinajstić information content (AvgIpc) is 2.78. The number of nitrogens with two attached hydrogens (primary N) is 1. The van der Waals surface area contributed by atoms with E-state index in [1.807, 2.05) is 26.0 Å². The summed E-state index contributed by atoms with van der Waals surface area (Å²) < 4.78 is 23.4. The van der Waals surface area contributed by atoms with Gasteiger partial charge in [-0.2, -0.15) is 0 Å². The minimum Gasteiger partial charge on any atom is -0.372 e. The van der Waals surface area contributed by atoms with Gasteiger partial charge in [0.2, 0.25) is 15.9 Å². The summed E-state index contributed by atoms with van der Waals surface area (Å²) in [7, 11) is -3.85. The third-order valence-electron chi connectivity index (χ3n) is 6.99. The topological polar surface area (TPSA) is 101 Å². The van der Waals surface area contributed by atoms with Crippen molar-refractivity contribution < 1.29 is 18.0 Å². The fourth-order valence-electron chi connectivity index (χ4n) is 5.29. The number of amides is 1. The number of sulfonamides is 1. The number of carbonyl (C=O) groups excluding carboxylic acids is 2. The zero-order chi connectivity index (χ0) is 25.5. The number of anilines is 2. The largest absolute Gasteiger partial charge is 0.372 e. The molecule has 1 heterocycles. The average molecular weight is 496 g/mol. The van der Waals surface area contributed by atoms with E-state index in [2.05, 4.69) is 30.9 Å². The third-order valence-corrected chi connectivity index (χ3v) is 7.92. The van der Waals surface area contributed by atoms with Gasteiger partial charge in [-0.3, -0.25) is 14.5 Å². The quantitative estimate of drug-likeness (QED) is 0.642. The number of nitrogens with zero attached hydrogens (tertiary/aromatic N) is 2. The fourth-order valence-corrected chi connectivity index (χ4v) is 5.81. The SMILES string of the molecule is CCN(CC)c1ccc(C2CC(=O)N(c3ccc(S(N)(=O)=O)cc3)C3=C2C(=O)CC(C)(C)C3)cc1. The predicted molar refractivity (Wildman–Crippen MR) is 138 cm³/mol. The number of hydrogen-bond donors (Lipinski definition) is 1. The summed E-state index contributed by atoms with van der Waals surface area (Å²) in [6.07, 6.45) is 1.17. The van der Waals surface area contributed by atoms with Crippen molar-refractivity contribution in [1.82, 2.24) is 0 Å². The Labute approximate surface area is 207 Å². The summed E-state index contributed by atoms with van der Waals surface area (Å²) in [6, 6.07) is 14.1. The van der Waals surface area contributed by atoms with Crippen molar-refractivity contribution in [3.8, 4) is 0 Å². The molecule has 0 spiro atoms. The van der Waals surface area contributed by atoms with Crippen LogP contribution in [0.1, 0.15) is 58.4 Å². The molecule has 1 aliphatic carbocycles. The molecule has 2 N–H and O–H groups in total. The van der Waals surface area contributed by atoms with Gasteiger partial charge < -0.3 is 4.90 Å². The molecule has 1 amide bonds. The van der Waals surface area contributed by atoms with Crippen LogP contribution in [0, 0.1) is 5.41 Å². The van der Waals surface area contributed by atoms with Crippen LogP contribution in [-0.2, 0) is 19.6 Å². The molecule has 1 unspecified atom stereocenters. The molecule has 0 saturated carbocycles. The van der Waals surface area contributed by atoms with Crippen LogP contribution in [-0.4, -0.2) is 33.2 Å². The molecule has 2 aromatic rings. The van der Waals surface area contributed by atoms with Crippen molar-refractivity contribution in [2.24, 2.45) is 10.6 Å². The van der Waals surface area contributed by atoms with E-state index in [0.29, 0.717) is 29.8 Å². The van der Waals surface area contributed by atoms with Gasteiger partial charge in [0.25, 0.3) is 0 Å². The Morgan fingerprint density at radius 2 is 1.57 bits per heavy atom. The highest BCUT2D eigenvalue weighted by molar-refractivity contribution is 7.89. The standard InChI is InChI=1S/C27H33N3O4S/c1-5-29(6-2)19-9-7-18(8-10-19)22-15-25(32)30(20-11-13-21(14-12-20)35(28,33)34)23-16-27(3,4)17-24(31)26(22)23/h7-14,22H,5-6,15-17H2,1-4H3,(H2,28,33,34). The second-order valence-corrected chi connectivity index (χ2v) is 11.7. The van der Waals surface area contributed by atoms with Crippen molar-refractivity contribution in [2.75, 3.05) is 22.9 Å². The monoisotopic (exact) mass is 495 g/mol. The van der Waals surface area contributed by atoms with Crippen LogP contribution in [0.15, 0.2) is 64.7 Å². The van der Waals surface area contributed by atoms with Crippen LogP contribution in [0.5, 0.6) is 0 Å². The summed E-state index contributed by atoms with van der Waals surface area (Å²) in [5, 5.41) is 5.24. The summed E-state index contributed by atoms with van der Waals surface area (Å²) in [6.45, 7) is 10.1. The lowest BCUT2D eigenvalue weighted by molar-refractivity contribution is -0.121. The van der Waals surface area contributed by atoms with Crippen LogP contribution in [0.4, 0.5) is 11.4 Å². The van der Waals surface area contributed by atoms with E-state index >= 15 is 0 Å². The van der Waals surface area contributed by atoms with E-state index in [1.54, 1.807) is 17.0 Å². The van der Waals surface area contributed by atoms with Gasteiger partial charge >= 0.3 is 0 Å². The molecule has 1 atom stereocenters. The van der Waals surface area contributed by atoms with E-state index in [4.69, 9.17) is 5.14 Å². The Kier molecular flexibility index (Phi) is 6.64. The Balaban J connectivity index is 1.80. The van der Waals surface area contributed by atoms with Crippen molar-refractivity contribution in [3.63, 3.8) is 0 Å². The molecule has 8 heteroatoms. The minimum atomic E-state index is -3.85. The molecule has 0 bridgehead atoms. The first-order valence-corrected chi connectivity index (χ1v) is 13.6. The van der Waals surface area contributed by atoms with Crippen LogP contribution < -0.4 is 14.9 Å². The molecule has 0 fully saturated rings. The molecule has 2 aromatic carbocycles. The van der Waals surface area contributed by atoms with Crippen molar-refractivity contribution in [3.05, 3.63) is 65.4 Å². The van der Waals surface area contributed by atoms with Gasteiger partial charge in [-0.25, -0.2) is 13.6 Å². The Morgan fingerprint density at radius 1 is 0.971 bits per heavy atom. The van der Waals surface area contributed by atoms with Gasteiger partial charge in [-0.15, -0.1) is 0 Å². The first kappa shape index (κ1) is 25.1. The lowest BCUT2D eigenvalue weighted by Crippen LogP contribution is -2.43. The molecular weight excluding hydrogens is 462 g/mol. The number of primary sulfonamides is 1. The van der Waals surface area contributed by atoms with Crippen molar-refractivity contribution >= 4 is 33.1 Å². The molecule has 0 saturated heterocycles. The number of hydrogen-bond acceptors (Lipinski definition) is 5. The third kappa shape index (κ3) is 4.90. The molecule has 35 heavy (non-hydrogen) atoms. The van der Waals surface area contributed by atoms with Crippen molar-refractivity contribution in [2.45, 2.75) is 57.8 Å². The second-order valence-electron chi connectivity index (χ2n) is 10.1. The van der Waals surface area contributed by atoms with Gasteiger partial charge in [-0.1, -0.05) is 26.0 Å². The Hall–Kier alpha value is -2.97. The zero-order valence-corrected chi connectivity index (χ0v) is 21.6. The van der Waals surface area contributed by atoms with E-state index in [0.717, 1.165) is 24.3 Å². The zero-order valence-electron chi connectivity index (χ0n) is 20.7. The summed E-state index contributed by atoms with van der Waals surface area (Å²) in [5.41, 5.74) is 3.72. The molecule has 186 valence electrons. The summed E-state index contributed by atoms with van der Waals surface area (Å²) in [4.78, 5) is 30.8. The molecule has 7 nitrogen and oxygen atoms in total. The smallest absolute Gasteiger partial charge is 0.238 e. The first-order valence-electron chi connectivity index (χ1n) is 12.0. The van der Waals surface area contributed by atoms with Gasteiger partial charge in [-0.05, 0) is 67.6 Å². The van der Waals surface area contributed by atoms with Gasteiger partial charge in [0.15, 0.2) is 5.78 Å². The normalized spacial score (nSPS) is 20.1. The van der Waals surface area contributed by atoms with E-state index in [-0.39, 0.29) is 34.3 Å². The van der Waals surface area contributed by atoms with E-state index in [1.165, 1.54) is 12.1 Å². The highest BCUT2D eigenvalue weighted by Gasteiger charge is 2.44. The maximum absolute atomic E-state index is 13.5. The number of Topliss-reactive ketones (excluding diaryl/α,β-unsaturated/α-hetero) is 1. The van der Waals surface area contributed by atoms with Gasteiger partial charge in [0.05, 0.1) is 4.90 Å². The van der Waals surface area contributed by atoms with Crippen LogP contribution in [0.3, 0.4) is 0 Å². The summed E-state index contributed by atoms with van der Waals surface area (Å²) in [5.74, 6) is -0.352. The van der Waals surface area contributed by atoms with E-state index in [9.17, 15) is 18.0 Å². The van der Waals surface area contributed by atoms with Gasteiger partial charge in [0, 0.05) is 54.5 Å². The van der Waals surface area contributed by atoms with Crippen LogP contribution in [0.2, 0.25) is 0 Å². The van der Waals surface area contributed by atoms with Crippen LogP contribution >= 0.6 is 0 Å². The van der Waals surface area contributed by atoms with Crippen molar-refractivity contribution in [1.29, 1.82) is 0 Å².